The molecule has 0 radical (unpaired) electrons. The molecule has 0 saturated heterocycles. The topological polar surface area (TPSA) is 103 Å². The number of carbonyl (C=O) groups excluding carboxylic acids is 2. The fourth-order valence-corrected chi connectivity index (χ4v) is 3.83. The quantitative estimate of drug-likeness (QED) is 0.719. The minimum absolute atomic E-state index is 0.0348. The summed E-state index contributed by atoms with van der Waals surface area (Å²) in [6.45, 7) is 4.47. The Labute approximate surface area is 147 Å². The minimum Gasteiger partial charge on any atom is -0.370 e. The Hall–Kier alpha value is -1.57. The number of carbonyl (C=O) groups is 2. The van der Waals surface area contributed by atoms with Crippen LogP contribution in [-0.4, -0.2) is 38.4 Å². The van der Waals surface area contributed by atoms with Crippen LogP contribution in [0, 0.1) is 11.8 Å². The zero-order valence-corrected chi connectivity index (χ0v) is 15.4. The molecule has 1 heterocycles. The van der Waals surface area contributed by atoms with Crippen molar-refractivity contribution in [1.29, 1.82) is 0 Å². The van der Waals surface area contributed by atoms with Gasteiger partial charge in [-0.05, 0) is 18.3 Å². The molecule has 1 saturated carbocycles. The van der Waals surface area contributed by atoms with Gasteiger partial charge >= 0.3 is 0 Å². The third kappa shape index (κ3) is 4.96. The number of amides is 2. The molecular formula is C16H27N5O2S. The molecule has 0 unspecified atom stereocenters. The molecule has 24 heavy (non-hydrogen) atoms. The predicted molar refractivity (Wildman–Crippen MR) is 93.4 cm³/mol. The van der Waals surface area contributed by atoms with Crippen LogP contribution in [0.4, 0.5) is 0 Å². The van der Waals surface area contributed by atoms with Crippen LogP contribution in [0.1, 0.15) is 45.4 Å². The molecule has 0 aliphatic heterocycles. The maximum absolute atomic E-state index is 12.2. The molecule has 3 atom stereocenters. The number of primary amides is 1. The molecule has 1 aromatic rings. The van der Waals surface area contributed by atoms with E-state index in [-0.39, 0.29) is 24.3 Å². The SMILES string of the molecule is C[C@@H]1[C@@H](C)CCC[C@H]1NC(=O)CSc1nnc(CCC(N)=O)n1C. The summed E-state index contributed by atoms with van der Waals surface area (Å²) in [6, 6.07) is 0.271. The molecule has 3 N–H and O–H groups in total. The van der Waals surface area contributed by atoms with Gasteiger partial charge in [0.25, 0.3) is 0 Å². The van der Waals surface area contributed by atoms with E-state index < -0.39 is 0 Å². The van der Waals surface area contributed by atoms with Gasteiger partial charge in [-0.25, -0.2) is 0 Å². The number of thioether (sulfide) groups is 1. The van der Waals surface area contributed by atoms with Crippen molar-refractivity contribution in [2.24, 2.45) is 24.6 Å². The lowest BCUT2D eigenvalue weighted by Gasteiger charge is -2.34. The van der Waals surface area contributed by atoms with Crippen LogP contribution in [0.3, 0.4) is 0 Å². The monoisotopic (exact) mass is 353 g/mol. The summed E-state index contributed by atoms with van der Waals surface area (Å²) in [5.74, 6) is 1.87. The minimum atomic E-state index is -0.359. The summed E-state index contributed by atoms with van der Waals surface area (Å²) >= 11 is 1.36. The van der Waals surface area contributed by atoms with Gasteiger partial charge in [-0.2, -0.15) is 0 Å². The Bertz CT molecular complexity index is 589. The van der Waals surface area contributed by atoms with E-state index in [1.54, 1.807) is 0 Å². The van der Waals surface area contributed by atoms with E-state index in [1.807, 2.05) is 11.6 Å². The van der Waals surface area contributed by atoms with E-state index in [0.29, 0.717) is 35.0 Å². The maximum Gasteiger partial charge on any atom is 0.230 e. The summed E-state index contributed by atoms with van der Waals surface area (Å²) in [5, 5.41) is 12.0. The highest BCUT2D eigenvalue weighted by Crippen LogP contribution is 2.29. The average molecular weight is 353 g/mol. The van der Waals surface area contributed by atoms with Crippen molar-refractivity contribution in [2.45, 2.75) is 57.1 Å². The lowest BCUT2D eigenvalue weighted by atomic mass is 9.78. The summed E-state index contributed by atoms with van der Waals surface area (Å²) in [7, 11) is 1.83. The summed E-state index contributed by atoms with van der Waals surface area (Å²) in [6.07, 6.45) is 4.19. The van der Waals surface area contributed by atoms with Crippen molar-refractivity contribution in [2.75, 3.05) is 5.75 Å². The van der Waals surface area contributed by atoms with Crippen molar-refractivity contribution in [3.63, 3.8) is 0 Å². The second-order valence-corrected chi connectivity index (χ2v) is 7.60. The molecule has 1 aliphatic carbocycles. The Morgan fingerprint density at radius 3 is 2.79 bits per heavy atom. The smallest absolute Gasteiger partial charge is 0.230 e. The first-order chi connectivity index (χ1) is 11.4. The molecule has 2 amide bonds. The molecule has 0 bridgehead atoms. The predicted octanol–water partition coefficient (Wildman–Crippen LogP) is 1.27. The Balaban J connectivity index is 1.82. The fourth-order valence-electron chi connectivity index (χ4n) is 3.09. The van der Waals surface area contributed by atoms with E-state index in [2.05, 4.69) is 29.4 Å². The number of rotatable bonds is 7. The zero-order valence-electron chi connectivity index (χ0n) is 14.6. The number of hydrogen-bond donors (Lipinski definition) is 2. The standard InChI is InChI=1S/C16H27N5O2S/c1-10-5-4-6-12(11(10)2)18-15(23)9-24-16-20-19-14(21(16)3)8-7-13(17)22/h10-12H,4-9H2,1-3H3,(H2,17,22)(H,18,23)/t10-,11+,12+/m0/s1. The van der Waals surface area contributed by atoms with E-state index in [9.17, 15) is 9.59 Å². The second-order valence-electron chi connectivity index (χ2n) is 6.65. The van der Waals surface area contributed by atoms with Gasteiger partial charge in [-0.3, -0.25) is 9.59 Å². The van der Waals surface area contributed by atoms with E-state index in [4.69, 9.17) is 5.73 Å². The number of nitrogens with two attached hydrogens (primary N) is 1. The van der Waals surface area contributed by atoms with Crippen molar-refractivity contribution in [1.82, 2.24) is 20.1 Å². The normalized spacial score (nSPS) is 23.9. The first-order valence-electron chi connectivity index (χ1n) is 8.47. The summed E-state index contributed by atoms with van der Waals surface area (Å²) in [5.41, 5.74) is 5.15. The van der Waals surface area contributed by atoms with Gasteiger partial charge in [-0.1, -0.05) is 38.5 Å². The van der Waals surface area contributed by atoms with Crippen LogP contribution in [0.5, 0.6) is 0 Å². The van der Waals surface area contributed by atoms with Crippen LogP contribution in [0.25, 0.3) is 0 Å². The molecule has 1 aliphatic rings. The largest absolute Gasteiger partial charge is 0.370 e. The van der Waals surface area contributed by atoms with E-state index in [1.165, 1.54) is 24.6 Å². The van der Waals surface area contributed by atoms with Gasteiger partial charge in [0.2, 0.25) is 11.8 Å². The molecule has 7 nitrogen and oxygen atoms in total. The number of nitrogens with zero attached hydrogens (tertiary/aromatic N) is 3. The number of aromatic nitrogens is 3. The first kappa shape index (κ1) is 18.8. The van der Waals surface area contributed by atoms with Gasteiger partial charge in [-0.15, -0.1) is 10.2 Å². The fraction of sp³-hybridized carbons (Fsp3) is 0.750. The first-order valence-corrected chi connectivity index (χ1v) is 9.45. The average Bonchev–Trinajstić information content (AvgIpc) is 2.88. The lowest BCUT2D eigenvalue weighted by Crippen LogP contribution is -2.44. The van der Waals surface area contributed by atoms with Gasteiger partial charge in [0.05, 0.1) is 5.75 Å². The van der Waals surface area contributed by atoms with Crippen LogP contribution in [-0.2, 0) is 23.1 Å². The molecule has 134 valence electrons. The highest BCUT2D eigenvalue weighted by atomic mass is 32.2. The van der Waals surface area contributed by atoms with Gasteiger partial charge in [0.15, 0.2) is 5.16 Å². The van der Waals surface area contributed by atoms with Crippen molar-refractivity contribution in [3.05, 3.63) is 5.82 Å². The highest BCUT2D eigenvalue weighted by Gasteiger charge is 2.28. The highest BCUT2D eigenvalue weighted by molar-refractivity contribution is 7.99. The molecule has 1 fully saturated rings. The molecule has 0 spiro atoms. The Morgan fingerprint density at radius 2 is 2.08 bits per heavy atom. The van der Waals surface area contributed by atoms with Gasteiger partial charge in [0.1, 0.15) is 5.82 Å². The Morgan fingerprint density at radius 1 is 1.33 bits per heavy atom. The summed E-state index contributed by atoms with van der Waals surface area (Å²) < 4.78 is 1.81. The van der Waals surface area contributed by atoms with Gasteiger partial charge < -0.3 is 15.6 Å². The summed E-state index contributed by atoms with van der Waals surface area (Å²) in [4.78, 5) is 23.1. The van der Waals surface area contributed by atoms with Crippen molar-refractivity contribution >= 4 is 23.6 Å². The lowest BCUT2D eigenvalue weighted by molar-refractivity contribution is -0.120. The van der Waals surface area contributed by atoms with Crippen molar-refractivity contribution < 1.29 is 9.59 Å². The molecular weight excluding hydrogens is 326 g/mol. The zero-order chi connectivity index (χ0) is 17.7. The number of hydrogen-bond acceptors (Lipinski definition) is 5. The third-order valence-electron chi connectivity index (χ3n) is 4.91. The van der Waals surface area contributed by atoms with E-state index in [0.717, 1.165) is 6.42 Å². The molecule has 0 aromatic carbocycles. The number of aryl methyl sites for hydroxylation is 1. The van der Waals surface area contributed by atoms with Crippen LogP contribution in [0.15, 0.2) is 5.16 Å². The number of nitrogens with one attached hydrogen (secondary N) is 1. The van der Waals surface area contributed by atoms with Crippen molar-refractivity contribution in [3.8, 4) is 0 Å². The molecule has 8 heteroatoms. The Kier molecular flexibility index (Phi) is 6.65. The second kappa shape index (κ2) is 8.50. The van der Waals surface area contributed by atoms with E-state index >= 15 is 0 Å². The van der Waals surface area contributed by atoms with Crippen LogP contribution in [0.2, 0.25) is 0 Å². The van der Waals surface area contributed by atoms with Gasteiger partial charge in [0, 0.05) is 25.9 Å². The van der Waals surface area contributed by atoms with Crippen LogP contribution < -0.4 is 11.1 Å². The maximum atomic E-state index is 12.2. The van der Waals surface area contributed by atoms with Crippen LogP contribution >= 0.6 is 11.8 Å². The third-order valence-corrected chi connectivity index (χ3v) is 5.93. The molecule has 2 rings (SSSR count). The molecule has 1 aromatic heterocycles.